The first-order valence-electron chi connectivity index (χ1n) is 3.61. The van der Waals surface area contributed by atoms with E-state index in [1.54, 1.807) is 18.2 Å². The second kappa shape index (κ2) is 4.14. The fourth-order valence-electron chi connectivity index (χ4n) is 0.936. The van der Waals surface area contributed by atoms with Gasteiger partial charge in [0.25, 0.3) is 0 Å². The maximum atomic E-state index is 11.1. The molecule has 0 saturated heterocycles. The van der Waals surface area contributed by atoms with Gasteiger partial charge in [0.2, 0.25) is 0 Å². The standard InChI is InChI=1S/C9H9ClO3/c1-12-7-5-3-4-6(8(7)10)9(11)13-2/h3-5H,1-2H3. The first-order chi connectivity index (χ1) is 6.20. The summed E-state index contributed by atoms with van der Waals surface area (Å²) in [5.41, 5.74) is 0.309. The van der Waals surface area contributed by atoms with Crippen LogP contribution in [0.15, 0.2) is 18.2 Å². The summed E-state index contributed by atoms with van der Waals surface area (Å²) in [4.78, 5) is 11.1. The molecule has 1 aromatic rings. The molecule has 1 rings (SSSR count). The van der Waals surface area contributed by atoms with Crippen LogP contribution in [0.2, 0.25) is 5.02 Å². The van der Waals surface area contributed by atoms with E-state index in [9.17, 15) is 4.79 Å². The van der Waals surface area contributed by atoms with E-state index in [0.29, 0.717) is 11.3 Å². The van der Waals surface area contributed by atoms with E-state index in [4.69, 9.17) is 16.3 Å². The van der Waals surface area contributed by atoms with Gasteiger partial charge >= 0.3 is 5.97 Å². The minimum Gasteiger partial charge on any atom is -0.495 e. The van der Waals surface area contributed by atoms with Gasteiger partial charge < -0.3 is 9.47 Å². The molecule has 3 nitrogen and oxygen atoms in total. The third kappa shape index (κ3) is 1.92. The van der Waals surface area contributed by atoms with E-state index in [1.807, 2.05) is 0 Å². The van der Waals surface area contributed by atoms with Crippen LogP contribution in [0, 0.1) is 0 Å². The van der Waals surface area contributed by atoms with Crippen molar-refractivity contribution in [3.05, 3.63) is 28.8 Å². The van der Waals surface area contributed by atoms with E-state index in [-0.39, 0.29) is 5.02 Å². The molecule has 0 aliphatic rings. The quantitative estimate of drug-likeness (QED) is 0.687. The molecule has 0 heterocycles. The molecule has 0 amide bonds. The van der Waals surface area contributed by atoms with Gasteiger partial charge in [-0.3, -0.25) is 0 Å². The monoisotopic (exact) mass is 200 g/mol. The second-order valence-corrected chi connectivity index (χ2v) is 2.69. The number of hydrogen-bond donors (Lipinski definition) is 0. The molecule has 0 saturated carbocycles. The largest absolute Gasteiger partial charge is 0.495 e. The van der Waals surface area contributed by atoms with Crippen LogP contribution < -0.4 is 4.74 Å². The van der Waals surface area contributed by atoms with Gasteiger partial charge in [-0.1, -0.05) is 17.7 Å². The zero-order valence-electron chi connectivity index (χ0n) is 7.33. The molecule has 0 unspecified atom stereocenters. The molecule has 13 heavy (non-hydrogen) atoms. The average molecular weight is 201 g/mol. The van der Waals surface area contributed by atoms with Gasteiger partial charge in [-0.2, -0.15) is 0 Å². The Kier molecular flexibility index (Phi) is 3.14. The third-order valence-electron chi connectivity index (χ3n) is 1.59. The summed E-state index contributed by atoms with van der Waals surface area (Å²) in [5.74, 6) is -0.00605. The van der Waals surface area contributed by atoms with E-state index in [2.05, 4.69) is 4.74 Å². The minimum atomic E-state index is -0.469. The smallest absolute Gasteiger partial charge is 0.339 e. The minimum absolute atomic E-state index is 0.275. The summed E-state index contributed by atoms with van der Waals surface area (Å²) in [6.07, 6.45) is 0. The maximum Gasteiger partial charge on any atom is 0.339 e. The lowest BCUT2D eigenvalue weighted by Crippen LogP contribution is -2.02. The van der Waals surface area contributed by atoms with Crippen molar-refractivity contribution in [1.82, 2.24) is 0 Å². The molecule has 70 valence electrons. The fraction of sp³-hybridized carbons (Fsp3) is 0.222. The molecule has 0 atom stereocenters. The van der Waals surface area contributed by atoms with Crippen LogP contribution in [0.1, 0.15) is 10.4 Å². The topological polar surface area (TPSA) is 35.5 Å². The zero-order valence-corrected chi connectivity index (χ0v) is 8.09. The Bertz CT molecular complexity index is 323. The predicted molar refractivity (Wildman–Crippen MR) is 49.3 cm³/mol. The van der Waals surface area contributed by atoms with Crippen molar-refractivity contribution in [3.63, 3.8) is 0 Å². The lowest BCUT2D eigenvalue weighted by molar-refractivity contribution is 0.0600. The first kappa shape index (κ1) is 9.86. The highest BCUT2D eigenvalue weighted by molar-refractivity contribution is 6.35. The van der Waals surface area contributed by atoms with Crippen molar-refractivity contribution in [1.29, 1.82) is 0 Å². The number of methoxy groups -OCH3 is 2. The van der Waals surface area contributed by atoms with Crippen LogP contribution in [0.4, 0.5) is 0 Å². The van der Waals surface area contributed by atoms with E-state index in [0.717, 1.165) is 0 Å². The normalized spacial score (nSPS) is 9.46. The number of benzene rings is 1. The number of ether oxygens (including phenoxy) is 2. The number of hydrogen-bond acceptors (Lipinski definition) is 3. The van der Waals surface area contributed by atoms with Crippen LogP contribution in [-0.2, 0) is 4.74 Å². The van der Waals surface area contributed by atoms with Gasteiger partial charge in [-0.15, -0.1) is 0 Å². The van der Waals surface area contributed by atoms with Crippen LogP contribution in [0.5, 0.6) is 5.75 Å². The van der Waals surface area contributed by atoms with Gasteiger partial charge in [-0.25, -0.2) is 4.79 Å². The average Bonchev–Trinajstić information content (AvgIpc) is 2.17. The molecule has 0 aliphatic carbocycles. The van der Waals surface area contributed by atoms with Crippen molar-refractivity contribution in [3.8, 4) is 5.75 Å². The molecule has 1 aromatic carbocycles. The van der Waals surface area contributed by atoms with E-state index in [1.165, 1.54) is 14.2 Å². The first-order valence-corrected chi connectivity index (χ1v) is 3.99. The Morgan fingerprint density at radius 3 is 2.62 bits per heavy atom. The Hall–Kier alpha value is -1.22. The molecule has 0 aliphatic heterocycles. The Morgan fingerprint density at radius 1 is 1.38 bits per heavy atom. The van der Waals surface area contributed by atoms with Gasteiger partial charge in [0, 0.05) is 0 Å². The lowest BCUT2D eigenvalue weighted by Gasteiger charge is -2.05. The molecule has 4 heteroatoms. The number of carbonyl (C=O) groups is 1. The number of halogens is 1. The maximum absolute atomic E-state index is 11.1. The molecule has 0 spiro atoms. The zero-order chi connectivity index (χ0) is 9.84. The van der Waals surface area contributed by atoms with Crippen molar-refractivity contribution in [2.75, 3.05) is 14.2 Å². The highest BCUT2D eigenvalue weighted by Crippen LogP contribution is 2.27. The molecule has 0 N–H and O–H groups in total. The van der Waals surface area contributed by atoms with Crippen LogP contribution in [0.3, 0.4) is 0 Å². The summed E-state index contributed by atoms with van der Waals surface area (Å²) >= 11 is 5.86. The molecule has 0 bridgehead atoms. The number of rotatable bonds is 2. The second-order valence-electron chi connectivity index (χ2n) is 2.31. The van der Waals surface area contributed by atoms with Gasteiger partial charge in [0.1, 0.15) is 5.75 Å². The van der Waals surface area contributed by atoms with Crippen molar-refractivity contribution in [2.45, 2.75) is 0 Å². The van der Waals surface area contributed by atoms with Crippen molar-refractivity contribution < 1.29 is 14.3 Å². The van der Waals surface area contributed by atoms with E-state index < -0.39 is 5.97 Å². The summed E-state index contributed by atoms with van der Waals surface area (Å²) in [7, 11) is 2.79. The van der Waals surface area contributed by atoms with Crippen molar-refractivity contribution in [2.24, 2.45) is 0 Å². The third-order valence-corrected chi connectivity index (χ3v) is 1.98. The van der Waals surface area contributed by atoms with Crippen LogP contribution >= 0.6 is 11.6 Å². The van der Waals surface area contributed by atoms with Gasteiger partial charge in [0.05, 0.1) is 24.8 Å². The summed E-state index contributed by atoms with van der Waals surface area (Å²) < 4.78 is 9.48. The summed E-state index contributed by atoms with van der Waals surface area (Å²) in [6.45, 7) is 0. The molecule has 0 fully saturated rings. The van der Waals surface area contributed by atoms with Gasteiger partial charge in [0.15, 0.2) is 0 Å². The predicted octanol–water partition coefficient (Wildman–Crippen LogP) is 2.14. The molecule has 0 radical (unpaired) electrons. The van der Waals surface area contributed by atoms with Gasteiger partial charge in [-0.05, 0) is 12.1 Å². The van der Waals surface area contributed by atoms with Crippen molar-refractivity contribution >= 4 is 17.6 Å². The molecular formula is C9H9ClO3. The highest BCUT2D eigenvalue weighted by Gasteiger charge is 2.13. The molecular weight excluding hydrogens is 192 g/mol. The fourth-order valence-corrected chi connectivity index (χ4v) is 1.22. The van der Waals surface area contributed by atoms with Crippen LogP contribution in [0.25, 0.3) is 0 Å². The Morgan fingerprint density at radius 2 is 2.08 bits per heavy atom. The lowest BCUT2D eigenvalue weighted by atomic mass is 10.2. The van der Waals surface area contributed by atoms with Crippen LogP contribution in [-0.4, -0.2) is 20.2 Å². The Balaban J connectivity index is 3.15. The van der Waals surface area contributed by atoms with E-state index >= 15 is 0 Å². The number of carbonyl (C=O) groups excluding carboxylic acids is 1. The number of esters is 1. The Labute approximate surface area is 81.2 Å². The molecule has 0 aromatic heterocycles. The SMILES string of the molecule is COC(=O)c1cccc(OC)c1Cl. The summed E-state index contributed by atoms with van der Waals surface area (Å²) in [5, 5.41) is 0.275. The highest BCUT2D eigenvalue weighted by atomic mass is 35.5. The summed E-state index contributed by atoms with van der Waals surface area (Å²) in [6, 6.07) is 4.93.